The molecule has 1 radical (unpaired) electrons. The van der Waals surface area contributed by atoms with Crippen LogP contribution in [-0.4, -0.2) is 29.5 Å². The molecular formula is C13H19Cl3N3V-3. The van der Waals surface area contributed by atoms with E-state index in [0.717, 1.165) is 35.9 Å². The summed E-state index contributed by atoms with van der Waals surface area (Å²) in [6.45, 7) is 9.61. The molecule has 0 aliphatic carbocycles. The van der Waals surface area contributed by atoms with Crippen LogP contribution in [0.3, 0.4) is 0 Å². The minimum Gasteiger partial charge on any atom is -1.00 e. The van der Waals surface area contributed by atoms with E-state index in [4.69, 9.17) is 0 Å². The van der Waals surface area contributed by atoms with Crippen LogP contribution in [0.25, 0.3) is 0 Å². The number of pyridine rings is 1. The van der Waals surface area contributed by atoms with E-state index in [0.29, 0.717) is 0 Å². The van der Waals surface area contributed by atoms with Crippen LogP contribution in [0, 0.1) is 0 Å². The summed E-state index contributed by atoms with van der Waals surface area (Å²) in [6.07, 6.45) is 0. The zero-order valence-corrected chi connectivity index (χ0v) is 15.7. The number of aliphatic imine (C=N–C) groups is 2. The second-order valence-electron chi connectivity index (χ2n) is 3.53. The van der Waals surface area contributed by atoms with Crippen LogP contribution in [0.5, 0.6) is 0 Å². The first-order chi connectivity index (χ1) is 7.69. The number of hydrogen-bond acceptors (Lipinski definition) is 3. The molecule has 0 bridgehead atoms. The van der Waals surface area contributed by atoms with Crippen molar-refractivity contribution in [1.29, 1.82) is 0 Å². The summed E-state index contributed by atoms with van der Waals surface area (Å²) in [4.78, 5) is 13.3. The normalized spacial score (nSPS) is 10.4. The van der Waals surface area contributed by atoms with Crippen molar-refractivity contribution in [3.63, 3.8) is 0 Å². The summed E-state index contributed by atoms with van der Waals surface area (Å²) in [7, 11) is 0. The Morgan fingerprint density at radius 2 is 1.25 bits per heavy atom. The molecule has 1 rings (SSSR count). The van der Waals surface area contributed by atoms with Crippen molar-refractivity contribution in [3.8, 4) is 0 Å². The minimum atomic E-state index is 0. The van der Waals surface area contributed by atoms with Crippen LogP contribution >= 0.6 is 0 Å². The van der Waals surface area contributed by atoms with Crippen molar-refractivity contribution in [2.75, 3.05) is 13.1 Å². The maximum atomic E-state index is 4.55. The summed E-state index contributed by atoms with van der Waals surface area (Å²) < 4.78 is 0. The van der Waals surface area contributed by atoms with E-state index in [-0.39, 0.29) is 55.8 Å². The SMILES string of the molecule is CCN=C(C)c1cccc(C(C)=NCC)n1.[Cl-].[Cl-].[Cl-].[V]. The fourth-order valence-electron chi connectivity index (χ4n) is 1.47. The van der Waals surface area contributed by atoms with Gasteiger partial charge in [0.05, 0.1) is 22.8 Å². The molecule has 1 aromatic heterocycles. The van der Waals surface area contributed by atoms with E-state index < -0.39 is 0 Å². The van der Waals surface area contributed by atoms with E-state index in [1.165, 1.54) is 0 Å². The first-order valence-corrected chi connectivity index (χ1v) is 5.69. The first kappa shape index (κ1) is 28.2. The Morgan fingerprint density at radius 1 is 0.900 bits per heavy atom. The second-order valence-corrected chi connectivity index (χ2v) is 3.53. The molecule has 20 heavy (non-hydrogen) atoms. The third-order valence-electron chi connectivity index (χ3n) is 2.28. The molecule has 0 N–H and O–H groups in total. The van der Waals surface area contributed by atoms with Gasteiger partial charge in [-0.15, -0.1) is 0 Å². The smallest absolute Gasteiger partial charge is 0.0845 e. The Labute approximate surface area is 152 Å². The van der Waals surface area contributed by atoms with Gasteiger partial charge in [-0.25, -0.2) is 4.98 Å². The molecule has 0 fully saturated rings. The van der Waals surface area contributed by atoms with Gasteiger partial charge in [0.2, 0.25) is 0 Å². The van der Waals surface area contributed by atoms with Gasteiger partial charge in [0, 0.05) is 31.6 Å². The second kappa shape index (κ2) is 15.3. The molecule has 0 aliphatic rings. The van der Waals surface area contributed by atoms with Crippen molar-refractivity contribution in [3.05, 3.63) is 29.6 Å². The van der Waals surface area contributed by atoms with Crippen molar-refractivity contribution in [2.45, 2.75) is 27.7 Å². The van der Waals surface area contributed by atoms with Gasteiger partial charge in [0.15, 0.2) is 0 Å². The fraction of sp³-hybridized carbons (Fsp3) is 0.462. The van der Waals surface area contributed by atoms with Crippen LogP contribution in [0.4, 0.5) is 0 Å². The van der Waals surface area contributed by atoms with Gasteiger partial charge >= 0.3 is 0 Å². The largest absolute Gasteiger partial charge is 1.00 e. The molecule has 0 atom stereocenters. The zero-order chi connectivity index (χ0) is 12.0. The zero-order valence-electron chi connectivity index (χ0n) is 12.1. The summed E-state index contributed by atoms with van der Waals surface area (Å²) in [5.41, 5.74) is 3.83. The van der Waals surface area contributed by atoms with Gasteiger partial charge in [0.1, 0.15) is 0 Å². The molecule has 7 heteroatoms. The van der Waals surface area contributed by atoms with Gasteiger partial charge in [-0.05, 0) is 39.8 Å². The van der Waals surface area contributed by atoms with Crippen molar-refractivity contribution in [2.24, 2.45) is 9.98 Å². The maximum Gasteiger partial charge on any atom is 0.0845 e. The monoisotopic (exact) mass is 373 g/mol. The minimum absolute atomic E-state index is 0. The Morgan fingerprint density at radius 3 is 1.55 bits per heavy atom. The molecule has 1 heterocycles. The molecule has 0 amide bonds. The summed E-state index contributed by atoms with van der Waals surface area (Å²) in [5.74, 6) is 0. The van der Waals surface area contributed by atoms with Gasteiger partial charge in [0.25, 0.3) is 0 Å². The molecular weight excluding hydrogens is 355 g/mol. The Bertz CT molecular complexity index is 388. The number of nitrogens with zero attached hydrogens (tertiary/aromatic N) is 3. The molecule has 1 aromatic rings. The topological polar surface area (TPSA) is 37.6 Å². The van der Waals surface area contributed by atoms with Crippen LogP contribution in [0.1, 0.15) is 39.1 Å². The molecule has 0 spiro atoms. The van der Waals surface area contributed by atoms with Gasteiger partial charge < -0.3 is 37.2 Å². The van der Waals surface area contributed by atoms with E-state index >= 15 is 0 Å². The van der Waals surface area contributed by atoms with Crippen LogP contribution in [-0.2, 0) is 18.6 Å². The van der Waals surface area contributed by atoms with Crippen molar-refractivity contribution >= 4 is 11.4 Å². The molecule has 0 saturated heterocycles. The summed E-state index contributed by atoms with van der Waals surface area (Å²) in [5, 5.41) is 0. The third kappa shape index (κ3) is 8.99. The summed E-state index contributed by atoms with van der Waals surface area (Å²) >= 11 is 0. The molecule has 3 nitrogen and oxygen atoms in total. The summed E-state index contributed by atoms with van der Waals surface area (Å²) in [6, 6.07) is 5.97. The van der Waals surface area contributed by atoms with Gasteiger partial charge in [-0.2, -0.15) is 0 Å². The third-order valence-corrected chi connectivity index (χ3v) is 2.28. The van der Waals surface area contributed by atoms with E-state index in [9.17, 15) is 0 Å². The average Bonchev–Trinajstić information content (AvgIpc) is 2.30. The Balaban J connectivity index is -0.000000320. The van der Waals surface area contributed by atoms with Crippen molar-refractivity contribution in [1.82, 2.24) is 4.98 Å². The molecule has 0 unspecified atom stereocenters. The first-order valence-electron chi connectivity index (χ1n) is 5.69. The number of hydrogen-bond donors (Lipinski definition) is 0. The van der Waals surface area contributed by atoms with E-state index in [1.54, 1.807) is 0 Å². The molecule has 0 aliphatic heterocycles. The van der Waals surface area contributed by atoms with Gasteiger partial charge in [-0.3, -0.25) is 9.98 Å². The van der Waals surface area contributed by atoms with E-state index in [1.807, 2.05) is 45.9 Å². The maximum absolute atomic E-state index is 4.55. The van der Waals surface area contributed by atoms with Crippen LogP contribution < -0.4 is 37.2 Å². The number of halogens is 3. The molecule has 115 valence electrons. The average molecular weight is 375 g/mol. The van der Waals surface area contributed by atoms with E-state index in [2.05, 4.69) is 15.0 Å². The predicted molar refractivity (Wildman–Crippen MR) is 69.7 cm³/mol. The Kier molecular flexibility index (Phi) is 21.6. The predicted octanol–water partition coefficient (Wildman–Crippen LogP) is -6.25. The standard InChI is InChI=1S/C13H19N3.3ClH.V/c1-5-14-10(3)12-8-7-9-13(16-12)11(4)15-6-2;;;;/h7-9H,5-6H2,1-4H3;3*1H;/p-3. The van der Waals surface area contributed by atoms with Crippen LogP contribution in [0.15, 0.2) is 28.2 Å². The fourth-order valence-corrected chi connectivity index (χ4v) is 1.47. The quantitative estimate of drug-likeness (QED) is 0.483. The number of rotatable bonds is 4. The number of aromatic nitrogens is 1. The molecule has 0 aromatic carbocycles. The molecule has 0 saturated carbocycles. The van der Waals surface area contributed by atoms with Crippen LogP contribution in [0.2, 0.25) is 0 Å². The Hall–Kier alpha value is -0.0556. The van der Waals surface area contributed by atoms with Gasteiger partial charge in [-0.1, -0.05) is 6.07 Å². The van der Waals surface area contributed by atoms with Crippen molar-refractivity contribution < 1.29 is 55.8 Å².